The summed E-state index contributed by atoms with van der Waals surface area (Å²) in [5.41, 5.74) is 1.02. The number of carbonyl (C=O) groups excluding carboxylic acids is 1. The van der Waals surface area contributed by atoms with E-state index in [0.29, 0.717) is 18.8 Å². The van der Waals surface area contributed by atoms with Crippen molar-refractivity contribution in [2.45, 2.75) is 25.2 Å². The Balaban J connectivity index is 1.89. The largest absolute Gasteiger partial charge is 0.469 e. The minimum Gasteiger partial charge on any atom is -0.469 e. The third-order valence-corrected chi connectivity index (χ3v) is 4.18. The van der Waals surface area contributed by atoms with Gasteiger partial charge < -0.3 is 9.64 Å². The third kappa shape index (κ3) is 3.26. The molecule has 0 bridgehead atoms. The van der Waals surface area contributed by atoms with Crippen LogP contribution < -0.4 is 0 Å². The second kappa shape index (κ2) is 5.60. The minimum atomic E-state index is -0.167. The Morgan fingerprint density at radius 1 is 1.71 bits per heavy atom. The van der Waals surface area contributed by atoms with E-state index in [4.69, 9.17) is 0 Å². The molecule has 1 aromatic rings. The summed E-state index contributed by atoms with van der Waals surface area (Å²) in [6, 6.07) is 0. The lowest BCUT2D eigenvalue weighted by atomic mass is 10.1. The van der Waals surface area contributed by atoms with Crippen molar-refractivity contribution in [3.05, 3.63) is 16.1 Å². The quantitative estimate of drug-likeness (QED) is 0.767. The zero-order valence-corrected chi connectivity index (χ0v) is 11.1. The first-order valence-electron chi connectivity index (χ1n) is 5.88. The molecule has 1 fully saturated rings. The van der Waals surface area contributed by atoms with Crippen molar-refractivity contribution in [1.82, 2.24) is 9.88 Å². The second-order valence-electron chi connectivity index (χ2n) is 4.50. The van der Waals surface area contributed by atoms with Gasteiger partial charge in [-0.15, -0.1) is 11.3 Å². The van der Waals surface area contributed by atoms with Crippen LogP contribution in [0.2, 0.25) is 0 Å². The maximum Gasteiger partial charge on any atom is 0.305 e. The summed E-state index contributed by atoms with van der Waals surface area (Å²) in [6.45, 7) is 2.26. The number of aryl methyl sites for hydroxylation is 1. The van der Waals surface area contributed by atoms with Crippen molar-refractivity contribution < 1.29 is 9.53 Å². The van der Waals surface area contributed by atoms with Gasteiger partial charge in [-0.2, -0.15) is 0 Å². The molecule has 0 spiro atoms. The minimum absolute atomic E-state index is 0.167. The normalized spacial score (nSPS) is 20.7. The van der Waals surface area contributed by atoms with Gasteiger partial charge in [0.15, 0.2) is 0 Å². The van der Waals surface area contributed by atoms with Crippen LogP contribution in [0.1, 0.15) is 29.5 Å². The van der Waals surface area contributed by atoms with Gasteiger partial charge in [0.2, 0.25) is 0 Å². The van der Waals surface area contributed by atoms with Crippen LogP contribution in [0, 0.1) is 0 Å². The molecule has 2 heterocycles. The lowest BCUT2D eigenvalue weighted by molar-refractivity contribution is -0.140. The number of hydrogen-bond donors (Lipinski definition) is 0. The summed E-state index contributed by atoms with van der Waals surface area (Å²) in [5, 5.41) is 3.28. The van der Waals surface area contributed by atoms with E-state index in [1.807, 2.05) is 0 Å². The van der Waals surface area contributed by atoms with Crippen LogP contribution in [0.25, 0.3) is 0 Å². The second-order valence-corrected chi connectivity index (χ2v) is 5.39. The highest BCUT2D eigenvalue weighted by Gasteiger charge is 2.23. The van der Waals surface area contributed by atoms with E-state index in [-0.39, 0.29) is 5.97 Å². The molecule has 0 saturated carbocycles. The Morgan fingerprint density at radius 3 is 3.18 bits per heavy atom. The highest BCUT2D eigenvalue weighted by atomic mass is 32.1. The molecule has 17 heavy (non-hydrogen) atoms. The van der Waals surface area contributed by atoms with Gasteiger partial charge in [0.1, 0.15) is 0 Å². The summed E-state index contributed by atoms with van der Waals surface area (Å²) in [7, 11) is 3.56. The summed E-state index contributed by atoms with van der Waals surface area (Å²) in [5.74, 6) is 0.414. The molecule has 0 N–H and O–H groups in total. The van der Waals surface area contributed by atoms with Crippen molar-refractivity contribution in [3.8, 4) is 0 Å². The third-order valence-electron chi connectivity index (χ3n) is 3.12. The fourth-order valence-corrected chi connectivity index (χ4v) is 3.08. The smallest absolute Gasteiger partial charge is 0.305 e. The van der Waals surface area contributed by atoms with Crippen LogP contribution in [-0.4, -0.2) is 43.1 Å². The average molecular weight is 254 g/mol. The van der Waals surface area contributed by atoms with Gasteiger partial charge >= 0.3 is 5.97 Å². The molecule has 1 unspecified atom stereocenters. The van der Waals surface area contributed by atoms with Crippen molar-refractivity contribution in [2.24, 2.45) is 0 Å². The molecule has 1 aliphatic heterocycles. The number of hydrogen-bond acceptors (Lipinski definition) is 5. The van der Waals surface area contributed by atoms with Gasteiger partial charge in [0, 0.05) is 24.3 Å². The summed E-state index contributed by atoms with van der Waals surface area (Å²) >= 11 is 1.72. The number of aromatic nitrogens is 1. The fourth-order valence-electron chi connectivity index (χ4n) is 2.09. The number of nitrogens with zero attached hydrogens (tertiary/aromatic N) is 2. The number of carbonyl (C=O) groups is 1. The van der Waals surface area contributed by atoms with Gasteiger partial charge in [0.25, 0.3) is 0 Å². The number of likely N-dealkylation sites (tertiary alicyclic amines) is 1. The lowest BCUT2D eigenvalue weighted by Crippen LogP contribution is -2.13. The monoisotopic (exact) mass is 254 g/mol. The molecular formula is C12H18N2O2S. The molecule has 0 aromatic carbocycles. The first kappa shape index (κ1) is 12.5. The highest BCUT2D eigenvalue weighted by Crippen LogP contribution is 2.28. The van der Waals surface area contributed by atoms with E-state index >= 15 is 0 Å². The molecule has 2 rings (SSSR count). The van der Waals surface area contributed by atoms with Crippen molar-refractivity contribution in [1.29, 1.82) is 0 Å². The predicted molar refractivity (Wildman–Crippen MR) is 67.3 cm³/mol. The predicted octanol–water partition coefficient (Wildman–Crippen LogP) is 1.67. The number of likely N-dealkylation sites (N-methyl/N-ethyl adjacent to an activating group) is 1. The van der Waals surface area contributed by atoms with Crippen LogP contribution in [0.4, 0.5) is 0 Å². The number of rotatable bonds is 4. The Morgan fingerprint density at radius 2 is 2.53 bits per heavy atom. The van der Waals surface area contributed by atoms with Gasteiger partial charge in [-0.05, 0) is 20.0 Å². The summed E-state index contributed by atoms with van der Waals surface area (Å²) < 4.78 is 4.62. The number of ether oxygens (including phenoxy) is 1. The molecular weight excluding hydrogens is 236 g/mol. The molecule has 4 nitrogen and oxygen atoms in total. The SMILES string of the molecule is COC(=O)CCc1csc(C2CCN(C)C2)n1. The van der Waals surface area contributed by atoms with Crippen molar-refractivity contribution in [2.75, 3.05) is 27.2 Å². The van der Waals surface area contributed by atoms with Crippen LogP contribution >= 0.6 is 11.3 Å². The summed E-state index contributed by atoms with van der Waals surface area (Å²) in [4.78, 5) is 18.0. The molecule has 0 radical (unpaired) electrons. The Kier molecular flexibility index (Phi) is 4.12. The van der Waals surface area contributed by atoms with Gasteiger partial charge in [-0.1, -0.05) is 0 Å². The lowest BCUT2D eigenvalue weighted by Gasteiger charge is -2.06. The first-order chi connectivity index (χ1) is 8.19. The van der Waals surface area contributed by atoms with E-state index in [2.05, 4.69) is 27.0 Å². The summed E-state index contributed by atoms with van der Waals surface area (Å²) in [6.07, 6.45) is 2.30. The van der Waals surface area contributed by atoms with Crippen LogP contribution in [0.3, 0.4) is 0 Å². The zero-order valence-electron chi connectivity index (χ0n) is 10.3. The Hall–Kier alpha value is -0.940. The maximum atomic E-state index is 11.0. The molecule has 1 saturated heterocycles. The topological polar surface area (TPSA) is 42.4 Å². The molecule has 0 aliphatic carbocycles. The van der Waals surface area contributed by atoms with Crippen LogP contribution in [0.5, 0.6) is 0 Å². The van der Waals surface area contributed by atoms with Crippen LogP contribution in [-0.2, 0) is 16.0 Å². The number of methoxy groups -OCH3 is 1. The Labute approximate surface area is 106 Å². The zero-order chi connectivity index (χ0) is 12.3. The molecule has 1 aromatic heterocycles. The van der Waals surface area contributed by atoms with Crippen LogP contribution in [0.15, 0.2) is 5.38 Å². The van der Waals surface area contributed by atoms with Crippen molar-refractivity contribution >= 4 is 17.3 Å². The number of esters is 1. The standard InChI is InChI=1S/C12H18N2O2S/c1-14-6-5-9(7-14)12-13-10(8-17-12)3-4-11(15)16-2/h8-9H,3-7H2,1-2H3. The molecule has 0 amide bonds. The van der Waals surface area contributed by atoms with E-state index < -0.39 is 0 Å². The van der Waals surface area contributed by atoms with E-state index in [0.717, 1.165) is 18.8 Å². The van der Waals surface area contributed by atoms with E-state index in [1.165, 1.54) is 18.5 Å². The van der Waals surface area contributed by atoms with E-state index in [9.17, 15) is 4.79 Å². The highest BCUT2D eigenvalue weighted by molar-refractivity contribution is 7.09. The Bertz CT molecular complexity index is 392. The van der Waals surface area contributed by atoms with Gasteiger partial charge in [0.05, 0.1) is 24.2 Å². The number of thiazole rings is 1. The van der Waals surface area contributed by atoms with Crippen molar-refractivity contribution in [3.63, 3.8) is 0 Å². The maximum absolute atomic E-state index is 11.0. The molecule has 5 heteroatoms. The average Bonchev–Trinajstić information content (AvgIpc) is 2.94. The molecule has 1 atom stereocenters. The first-order valence-corrected chi connectivity index (χ1v) is 6.76. The fraction of sp³-hybridized carbons (Fsp3) is 0.667. The van der Waals surface area contributed by atoms with Gasteiger partial charge in [-0.3, -0.25) is 4.79 Å². The molecule has 94 valence electrons. The molecule has 1 aliphatic rings. The van der Waals surface area contributed by atoms with E-state index in [1.54, 1.807) is 11.3 Å². The van der Waals surface area contributed by atoms with Gasteiger partial charge in [-0.25, -0.2) is 4.98 Å².